The zero-order valence-corrected chi connectivity index (χ0v) is 37.0. The molecule has 6 aromatic carbocycles. The minimum Gasteiger partial charge on any atom is -0.256 e. The van der Waals surface area contributed by atoms with Crippen molar-refractivity contribution in [1.29, 1.82) is 0 Å². The first-order chi connectivity index (χ1) is 29.3. The van der Waals surface area contributed by atoms with E-state index in [1.165, 1.54) is 108 Å². The van der Waals surface area contributed by atoms with E-state index < -0.39 is 0 Å². The van der Waals surface area contributed by atoms with Crippen molar-refractivity contribution < 1.29 is 0 Å². The third kappa shape index (κ3) is 10.5. The molecule has 0 N–H and O–H groups in total. The number of aryl methyl sites for hydroxylation is 6. The SMILES string of the molecule is CCCCCc1ccc2c(c1)C=Nc1ccc(cc1C)-c1ccc(CCCCC)cc1C=Nc1ccc(cc1C)-c1ccc(CCCCC)cc1C=Nc1ccc-2cc1C. The van der Waals surface area contributed by atoms with Gasteiger partial charge in [-0.2, -0.15) is 0 Å². The van der Waals surface area contributed by atoms with E-state index >= 15 is 0 Å². The van der Waals surface area contributed by atoms with Gasteiger partial charge in [0.05, 0.1) is 17.1 Å². The van der Waals surface area contributed by atoms with Gasteiger partial charge in [0, 0.05) is 35.3 Å². The Morgan fingerprint density at radius 3 is 0.900 bits per heavy atom. The summed E-state index contributed by atoms with van der Waals surface area (Å²) in [7, 11) is 0. The van der Waals surface area contributed by atoms with Gasteiger partial charge in [-0.25, -0.2) is 0 Å². The van der Waals surface area contributed by atoms with Crippen molar-refractivity contribution in [3.63, 3.8) is 0 Å². The second kappa shape index (κ2) is 20.5. The minimum atomic E-state index is 0.979. The standard InChI is InChI=1S/C57H63N3/c1-7-10-13-16-43-19-25-52-46-22-28-56(40(4)31-46)59-38-50-35-45(18-15-12-9-3)21-27-54(50)48-24-30-57(42(6)33-48)60-39-51-36-44(17-14-11-8-2)20-26-53(51)47-23-29-55(41(5)32-47)58-37-49(52)34-43/h19-39H,7-18H2,1-6H3. The molecular weight excluding hydrogens is 727 g/mol. The Hall–Kier alpha value is -5.67. The Bertz CT molecular complexity index is 2240. The van der Waals surface area contributed by atoms with Gasteiger partial charge in [-0.15, -0.1) is 0 Å². The normalized spacial score (nSPS) is 12.1. The van der Waals surface area contributed by atoms with E-state index in [-0.39, 0.29) is 0 Å². The maximum Gasteiger partial charge on any atom is 0.0659 e. The quantitative estimate of drug-likeness (QED) is 0.111. The summed E-state index contributed by atoms with van der Waals surface area (Å²) in [5.41, 5.74) is 20.9. The second-order valence-electron chi connectivity index (χ2n) is 16.9. The van der Waals surface area contributed by atoms with Crippen LogP contribution < -0.4 is 0 Å². The number of hydrogen-bond acceptors (Lipinski definition) is 3. The summed E-state index contributed by atoms with van der Waals surface area (Å²) in [5, 5.41) is 0. The molecule has 0 atom stereocenters. The Morgan fingerprint density at radius 1 is 0.333 bits per heavy atom. The molecule has 0 unspecified atom stereocenters. The molecule has 0 spiro atoms. The van der Waals surface area contributed by atoms with Crippen LogP contribution in [0.3, 0.4) is 0 Å². The molecule has 0 saturated heterocycles. The molecule has 60 heavy (non-hydrogen) atoms. The Balaban J connectivity index is 1.38. The van der Waals surface area contributed by atoms with Crippen LogP contribution in [0, 0.1) is 20.8 Å². The van der Waals surface area contributed by atoms with Crippen molar-refractivity contribution in [2.45, 2.75) is 119 Å². The number of benzene rings is 6. The molecule has 0 amide bonds. The summed E-state index contributed by atoms with van der Waals surface area (Å²) in [6, 6.07) is 40.9. The average Bonchev–Trinajstić information content (AvgIpc) is 3.25. The molecule has 0 aromatic heterocycles. The highest BCUT2D eigenvalue weighted by Gasteiger charge is 2.13. The topological polar surface area (TPSA) is 37.1 Å². The average molecular weight is 790 g/mol. The first kappa shape index (κ1) is 42.5. The fourth-order valence-corrected chi connectivity index (χ4v) is 8.47. The van der Waals surface area contributed by atoms with Gasteiger partial charge in [0.15, 0.2) is 0 Å². The van der Waals surface area contributed by atoms with E-state index in [0.29, 0.717) is 0 Å². The molecule has 10 rings (SSSR count). The molecule has 6 aromatic rings. The third-order valence-corrected chi connectivity index (χ3v) is 12.1. The van der Waals surface area contributed by atoms with E-state index in [2.05, 4.69) is 169 Å². The molecule has 0 saturated carbocycles. The summed E-state index contributed by atoms with van der Waals surface area (Å²) in [6.45, 7) is 13.3. The molecule has 3 heteroatoms. The van der Waals surface area contributed by atoms with Gasteiger partial charge in [-0.3, -0.25) is 15.0 Å². The van der Waals surface area contributed by atoms with Crippen LogP contribution in [-0.2, 0) is 19.3 Å². The minimum absolute atomic E-state index is 0.979. The molecule has 4 heterocycles. The first-order valence-electron chi connectivity index (χ1n) is 22.7. The fraction of sp³-hybridized carbons (Fsp3) is 0.316. The summed E-state index contributed by atoms with van der Waals surface area (Å²) in [4.78, 5) is 15.5. The number of unbranched alkanes of at least 4 members (excludes halogenated alkanes) is 6. The van der Waals surface area contributed by atoms with Crippen LogP contribution in [-0.4, -0.2) is 18.6 Å². The van der Waals surface area contributed by atoms with Crippen LogP contribution in [0.25, 0.3) is 33.4 Å². The molecule has 306 valence electrons. The van der Waals surface area contributed by atoms with Crippen molar-refractivity contribution in [3.05, 3.63) is 159 Å². The number of hydrogen-bond donors (Lipinski definition) is 0. The zero-order chi connectivity index (χ0) is 41.8. The first-order valence-corrected chi connectivity index (χ1v) is 22.7. The van der Waals surface area contributed by atoms with E-state index in [1.54, 1.807) is 0 Å². The smallest absolute Gasteiger partial charge is 0.0659 e. The largest absolute Gasteiger partial charge is 0.256 e. The molecule has 4 aliphatic rings. The monoisotopic (exact) mass is 790 g/mol. The summed E-state index contributed by atoms with van der Waals surface area (Å²) in [5.74, 6) is 0. The molecule has 4 aliphatic heterocycles. The zero-order valence-electron chi connectivity index (χ0n) is 37.0. The molecule has 0 aliphatic carbocycles. The van der Waals surface area contributed by atoms with Gasteiger partial charge in [0.2, 0.25) is 0 Å². The van der Waals surface area contributed by atoms with Crippen molar-refractivity contribution in [3.8, 4) is 33.4 Å². The highest BCUT2D eigenvalue weighted by molar-refractivity contribution is 5.96. The number of nitrogens with zero attached hydrogens (tertiary/aromatic N) is 3. The molecule has 0 radical (unpaired) electrons. The summed E-state index contributed by atoms with van der Waals surface area (Å²) < 4.78 is 0. The van der Waals surface area contributed by atoms with E-state index in [4.69, 9.17) is 15.0 Å². The number of rotatable bonds is 12. The van der Waals surface area contributed by atoms with Crippen LogP contribution >= 0.6 is 0 Å². The molecule has 6 bridgehead atoms. The second-order valence-corrected chi connectivity index (χ2v) is 16.9. The highest BCUT2D eigenvalue weighted by atomic mass is 14.7. The lowest BCUT2D eigenvalue weighted by Gasteiger charge is -2.13. The third-order valence-electron chi connectivity index (χ3n) is 12.1. The maximum absolute atomic E-state index is 5.16. The van der Waals surface area contributed by atoms with Gasteiger partial charge in [-0.1, -0.05) is 114 Å². The van der Waals surface area contributed by atoms with Crippen LogP contribution in [0.5, 0.6) is 0 Å². The molecular formula is C57H63N3. The Morgan fingerprint density at radius 2 is 0.633 bits per heavy atom. The molecule has 3 nitrogen and oxygen atoms in total. The van der Waals surface area contributed by atoms with Crippen molar-refractivity contribution in [1.82, 2.24) is 0 Å². The van der Waals surface area contributed by atoms with E-state index in [1.807, 2.05) is 0 Å². The van der Waals surface area contributed by atoms with Gasteiger partial charge in [-0.05, 0) is 181 Å². The van der Waals surface area contributed by atoms with Crippen LogP contribution in [0.4, 0.5) is 17.1 Å². The lowest BCUT2D eigenvalue weighted by atomic mass is 9.94. The van der Waals surface area contributed by atoms with Crippen molar-refractivity contribution in [2.24, 2.45) is 15.0 Å². The predicted octanol–water partition coefficient (Wildman–Crippen LogP) is 16.4. The van der Waals surface area contributed by atoms with Gasteiger partial charge >= 0.3 is 0 Å². The lowest BCUT2D eigenvalue weighted by molar-refractivity contribution is 0.717. The van der Waals surface area contributed by atoms with E-state index in [9.17, 15) is 0 Å². The van der Waals surface area contributed by atoms with Crippen LogP contribution in [0.2, 0.25) is 0 Å². The highest BCUT2D eigenvalue weighted by Crippen LogP contribution is 2.34. The maximum atomic E-state index is 5.16. The predicted molar refractivity (Wildman–Crippen MR) is 261 cm³/mol. The lowest BCUT2D eigenvalue weighted by Crippen LogP contribution is -1.95. The Kier molecular flexibility index (Phi) is 14.5. The van der Waals surface area contributed by atoms with Gasteiger partial charge < -0.3 is 0 Å². The Labute approximate surface area is 360 Å². The van der Waals surface area contributed by atoms with Gasteiger partial charge in [0.25, 0.3) is 0 Å². The van der Waals surface area contributed by atoms with E-state index in [0.717, 1.165) is 69.7 Å². The van der Waals surface area contributed by atoms with Crippen LogP contribution in [0.1, 0.15) is 129 Å². The van der Waals surface area contributed by atoms with Gasteiger partial charge in [0.1, 0.15) is 0 Å². The summed E-state index contributed by atoms with van der Waals surface area (Å²) >= 11 is 0. The number of aliphatic imine (C=N–C) groups is 3. The van der Waals surface area contributed by atoms with Crippen molar-refractivity contribution in [2.75, 3.05) is 0 Å². The van der Waals surface area contributed by atoms with Crippen LogP contribution in [0.15, 0.2) is 124 Å². The fourth-order valence-electron chi connectivity index (χ4n) is 8.47. The number of fused-ring (bicyclic) bond motifs is 3. The van der Waals surface area contributed by atoms with Crippen molar-refractivity contribution >= 4 is 35.7 Å². The summed E-state index contributed by atoms with van der Waals surface area (Å²) in [6.07, 6.45) is 20.4. The molecule has 0 fully saturated rings.